The third-order valence-corrected chi connectivity index (χ3v) is 3.73. The molecule has 1 atom stereocenters. The van der Waals surface area contributed by atoms with Gasteiger partial charge in [-0.25, -0.2) is 0 Å². The third kappa shape index (κ3) is 13.4. The number of carbonyl (C=O) groups excluding carboxylic acids is 1. The van der Waals surface area contributed by atoms with E-state index in [1.165, 1.54) is 51.4 Å². The molecule has 0 heterocycles. The number of aliphatic carboxylic acids is 1. The molecule has 4 heteroatoms. The van der Waals surface area contributed by atoms with Crippen LogP contribution in [0.5, 0.6) is 0 Å². The largest absolute Gasteiger partial charge is 1.00 e. The summed E-state index contributed by atoms with van der Waals surface area (Å²) >= 11 is 0. The van der Waals surface area contributed by atoms with E-state index >= 15 is 0 Å². The predicted octanol–water partition coefficient (Wildman–Crippen LogP) is -0.0185. The maximum absolute atomic E-state index is 10.9. The van der Waals surface area contributed by atoms with Gasteiger partial charge in [0.05, 0.1) is 5.97 Å². The van der Waals surface area contributed by atoms with Gasteiger partial charge < -0.3 is 14.8 Å². The number of carbonyl (C=O) groups is 1. The quantitative estimate of drug-likeness (QED) is 0.354. The van der Waals surface area contributed by atoms with Gasteiger partial charge in [0.2, 0.25) is 0 Å². The zero-order chi connectivity index (χ0) is 14.5. The number of carboxylic acids is 1. The number of hydrogen-bond donors (Lipinski definition) is 0. The first-order valence-electron chi connectivity index (χ1n) is 7.96. The molecule has 0 aliphatic heterocycles. The topological polar surface area (TPSA) is 43.4 Å². The second-order valence-electron chi connectivity index (χ2n) is 5.77. The summed E-state index contributed by atoms with van der Waals surface area (Å²) in [5, 5.41) is 10.9. The number of likely N-dealkylation sites (N-methyl/N-ethyl adjacent to an activating group) is 1. The Morgan fingerprint density at radius 2 is 1.30 bits per heavy atom. The fourth-order valence-electron chi connectivity index (χ4n) is 2.41. The molecule has 0 aliphatic rings. The molecule has 114 valence electrons. The Bertz CT molecular complexity index is 223. The van der Waals surface area contributed by atoms with Gasteiger partial charge in [-0.1, -0.05) is 71.1 Å². The van der Waals surface area contributed by atoms with Gasteiger partial charge in [-0.2, -0.15) is 0 Å². The first-order chi connectivity index (χ1) is 9.09. The Hall–Kier alpha value is 0.430. The van der Waals surface area contributed by atoms with Gasteiger partial charge >= 0.3 is 29.6 Å². The normalized spacial score (nSPS) is 12.2. The molecule has 0 aliphatic carbocycles. The Balaban J connectivity index is 0. The molecule has 0 aromatic heterocycles. The van der Waals surface area contributed by atoms with Crippen LogP contribution in [0.2, 0.25) is 0 Å². The minimum atomic E-state index is -0.944. The average Bonchev–Trinajstić information content (AvgIpc) is 2.35. The van der Waals surface area contributed by atoms with Crippen molar-refractivity contribution in [1.29, 1.82) is 0 Å². The maximum atomic E-state index is 10.9. The summed E-state index contributed by atoms with van der Waals surface area (Å²) in [6, 6.07) is -0.422. The van der Waals surface area contributed by atoms with Gasteiger partial charge in [0.1, 0.15) is 0 Å². The molecule has 0 aromatic carbocycles. The van der Waals surface area contributed by atoms with Crippen molar-refractivity contribution in [2.75, 3.05) is 14.1 Å². The minimum Gasteiger partial charge on any atom is -0.548 e. The second-order valence-corrected chi connectivity index (χ2v) is 5.77. The zero-order valence-corrected chi connectivity index (χ0v) is 16.1. The van der Waals surface area contributed by atoms with Crippen LogP contribution in [0.25, 0.3) is 0 Å². The Morgan fingerprint density at radius 3 is 1.65 bits per heavy atom. The standard InChI is InChI=1S/C16H33NO2.Na/c1-4-5-6-7-8-9-10-11-12-13-14-15(16(18)19)17(2)3;/h15H,4-14H2,1-3H3,(H,18,19);/q;+1/p-1. The van der Waals surface area contributed by atoms with E-state index in [1.807, 2.05) is 0 Å². The summed E-state index contributed by atoms with van der Waals surface area (Å²) in [5.41, 5.74) is 0. The first kappa shape index (κ1) is 22.7. The molecule has 0 fully saturated rings. The monoisotopic (exact) mass is 293 g/mol. The molecule has 0 aromatic rings. The van der Waals surface area contributed by atoms with Crippen LogP contribution in [0.1, 0.15) is 77.6 Å². The fourth-order valence-corrected chi connectivity index (χ4v) is 2.41. The van der Waals surface area contributed by atoms with E-state index in [4.69, 9.17) is 0 Å². The van der Waals surface area contributed by atoms with Crippen molar-refractivity contribution in [2.24, 2.45) is 0 Å². The van der Waals surface area contributed by atoms with Crippen LogP contribution in [0.4, 0.5) is 0 Å². The van der Waals surface area contributed by atoms with Crippen LogP contribution in [0, 0.1) is 0 Å². The van der Waals surface area contributed by atoms with E-state index in [1.54, 1.807) is 19.0 Å². The van der Waals surface area contributed by atoms with Crippen molar-refractivity contribution < 1.29 is 39.5 Å². The molecule has 0 saturated heterocycles. The molecule has 0 spiro atoms. The summed E-state index contributed by atoms with van der Waals surface area (Å²) in [7, 11) is 3.60. The number of nitrogens with zero attached hydrogens (tertiary/aromatic N) is 1. The zero-order valence-electron chi connectivity index (χ0n) is 14.1. The molecular weight excluding hydrogens is 261 g/mol. The Labute approximate surface area is 147 Å². The SMILES string of the molecule is CCCCCCCCCCCCC(C(=O)[O-])N(C)C.[Na+]. The van der Waals surface area contributed by atoms with Gasteiger partial charge in [0, 0.05) is 6.04 Å². The average molecular weight is 293 g/mol. The van der Waals surface area contributed by atoms with Gasteiger partial charge in [0.25, 0.3) is 0 Å². The second kappa shape index (κ2) is 15.8. The smallest absolute Gasteiger partial charge is 0.548 e. The van der Waals surface area contributed by atoms with Crippen LogP contribution < -0.4 is 34.7 Å². The summed E-state index contributed by atoms with van der Waals surface area (Å²) in [6.45, 7) is 2.24. The van der Waals surface area contributed by atoms with E-state index in [-0.39, 0.29) is 29.6 Å². The van der Waals surface area contributed by atoms with Crippen LogP contribution in [-0.2, 0) is 4.79 Å². The van der Waals surface area contributed by atoms with E-state index in [2.05, 4.69) is 6.92 Å². The van der Waals surface area contributed by atoms with Crippen LogP contribution in [0.3, 0.4) is 0 Å². The van der Waals surface area contributed by atoms with Gasteiger partial charge in [0.15, 0.2) is 0 Å². The predicted molar refractivity (Wildman–Crippen MR) is 78.9 cm³/mol. The van der Waals surface area contributed by atoms with Crippen molar-refractivity contribution in [3.63, 3.8) is 0 Å². The van der Waals surface area contributed by atoms with E-state index in [0.29, 0.717) is 6.42 Å². The van der Waals surface area contributed by atoms with Crippen LogP contribution in [-0.4, -0.2) is 31.0 Å². The van der Waals surface area contributed by atoms with E-state index in [0.717, 1.165) is 12.8 Å². The van der Waals surface area contributed by atoms with Crippen molar-refractivity contribution in [3.05, 3.63) is 0 Å². The van der Waals surface area contributed by atoms with Crippen LogP contribution in [0.15, 0.2) is 0 Å². The number of rotatable bonds is 13. The van der Waals surface area contributed by atoms with E-state index < -0.39 is 12.0 Å². The number of hydrogen-bond acceptors (Lipinski definition) is 3. The molecule has 0 bridgehead atoms. The first-order valence-corrected chi connectivity index (χ1v) is 7.96. The van der Waals surface area contributed by atoms with Gasteiger partial charge in [-0.15, -0.1) is 0 Å². The molecule has 1 unspecified atom stereocenters. The molecule has 0 saturated carbocycles. The molecule has 0 rings (SSSR count). The Kier molecular flexibility index (Phi) is 18.0. The molecule has 0 amide bonds. The molecular formula is C16H32NNaO2. The molecule has 0 radical (unpaired) electrons. The molecule has 0 N–H and O–H groups in total. The summed E-state index contributed by atoms with van der Waals surface area (Å²) in [6.07, 6.45) is 13.5. The number of unbranched alkanes of at least 4 members (excludes halogenated alkanes) is 9. The summed E-state index contributed by atoms with van der Waals surface area (Å²) in [4.78, 5) is 12.6. The van der Waals surface area contributed by atoms with Crippen LogP contribution >= 0.6 is 0 Å². The molecule has 20 heavy (non-hydrogen) atoms. The minimum absolute atomic E-state index is 0. The number of carboxylic acid groups (broad SMARTS) is 1. The summed E-state index contributed by atoms with van der Waals surface area (Å²) < 4.78 is 0. The van der Waals surface area contributed by atoms with Crippen molar-refractivity contribution in [2.45, 2.75) is 83.6 Å². The molecule has 3 nitrogen and oxygen atoms in total. The maximum Gasteiger partial charge on any atom is 1.00 e. The van der Waals surface area contributed by atoms with Crippen molar-refractivity contribution in [3.8, 4) is 0 Å². The van der Waals surface area contributed by atoms with Gasteiger partial charge in [-0.3, -0.25) is 0 Å². The fraction of sp³-hybridized carbons (Fsp3) is 0.938. The third-order valence-electron chi connectivity index (χ3n) is 3.73. The summed E-state index contributed by atoms with van der Waals surface area (Å²) in [5.74, 6) is -0.944. The van der Waals surface area contributed by atoms with Gasteiger partial charge in [-0.05, 0) is 20.5 Å². The van der Waals surface area contributed by atoms with Crippen molar-refractivity contribution in [1.82, 2.24) is 4.90 Å². The Morgan fingerprint density at radius 1 is 0.900 bits per heavy atom. The van der Waals surface area contributed by atoms with Crippen molar-refractivity contribution >= 4 is 5.97 Å². The van der Waals surface area contributed by atoms with E-state index in [9.17, 15) is 9.90 Å².